The van der Waals surface area contributed by atoms with Crippen LogP contribution in [0.25, 0.3) is 11.3 Å². The first-order valence-electron chi connectivity index (χ1n) is 3.92. The van der Waals surface area contributed by atoms with Gasteiger partial charge in [-0.3, -0.25) is 0 Å². The molecule has 0 spiro atoms. The Balaban J connectivity index is 2.52. The molecular formula is C10H5Br2N2. The van der Waals surface area contributed by atoms with Gasteiger partial charge in [-0.05, 0) is 30.3 Å². The average molecular weight is 313 g/mol. The molecule has 0 saturated heterocycles. The van der Waals surface area contributed by atoms with Crippen LogP contribution in [0, 0.1) is 6.20 Å². The second-order valence-corrected chi connectivity index (χ2v) is 4.54. The van der Waals surface area contributed by atoms with Crippen LogP contribution in [-0.4, -0.2) is 10.2 Å². The summed E-state index contributed by atoms with van der Waals surface area (Å²) >= 11 is 6.85. The Hall–Kier alpha value is -0.740. The number of nitrogens with zero attached hydrogens (tertiary/aromatic N) is 2. The molecule has 1 radical (unpaired) electrons. The van der Waals surface area contributed by atoms with Crippen molar-refractivity contribution in [3.63, 3.8) is 0 Å². The van der Waals surface area contributed by atoms with Crippen LogP contribution in [0.4, 0.5) is 0 Å². The summed E-state index contributed by atoms with van der Waals surface area (Å²) in [4.78, 5) is 0. The number of aromatic nitrogens is 2. The van der Waals surface area contributed by atoms with Crippen molar-refractivity contribution in [1.82, 2.24) is 10.2 Å². The van der Waals surface area contributed by atoms with Gasteiger partial charge < -0.3 is 0 Å². The number of halogens is 2. The zero-order valence-electron chi connectivity index (χ0n) is 7.04. The summed E-state index contributed by atoms with van der Waals surface area (Å²) < 4.78 is 2.02. The molecule has 0 N–H and O–H groups in total. The second-order valence-electron chi connectivity index (χ2n) is 2.71. The molecular weight excluding hydrogens is 308 g/mol. The van der Waals surface area contributed by atoms with Crippen LogP contribution < -0.4 is 0 Å². The average Bonchev–Trinajstić information content (AvgIpc) is 2.18. The van der Waals surface area contributed by atoms with Crippen LogP contribution in [0.1, 0.15) is 0 Å². The summed E-state index contributed by atoms with van der Waals surface area (Å²) in [7, 11) is 0. The van der Waals surface area contributed by atoms with Crippen LogP contribution in [0.2, 0.25) is 0 Å². The van der Waals surface area contributed by atoms with Gasteiger partial charge in [-0.1, -0.05) is 31.9 Å². The largest absolute Gasteiger partial charge is 0.150 e. The molecule has 1 aromatic carbocycles. The fraction of sp³-hybridized carbons (Fsp3) is 0. The Morgan fingerprint density at radius 3 is 2.36 bits per heavy atom. The van der Waals surface area contributed by atoms with Crippen molar-refractivity contribution in [3.05, 3.63) is 45.5 Å². The zero-order chi connectivity index (χ0) is 9.97. The van der Waals surface area contributed by atoms with E-state index in [0.717, 1.165) is 20.2 Å². The third-order valence-electron chi connectivity index (χ3n) is 1.69. The smallest absolute Gasteiger partial charge is 0.113 e. The molecule has 0 aliphatic carbocycles. The van der Waals surface area contributed by atoms with Crippen molar-refractivity contribution in [2.24, 2.45) is 0 Å². The lowest BCUT2D eigenvalue weighted by Crippen LogP contribution is -1.85. The van der Waals surface area contributed by atoms with E-state index in [1.165, 1.54) is 0 Å². The third kappa shape index (κ3) is 2.19. The fourth-order valence-electron chi connectivity index (χ4n) is 1.12. The van der Waals surface area contributed by atoms with Crippen LogP contribution in [-0.2, 0) is 0 Å². The highest BCUT2D eigenvalue weighted by atomic mass is 79.9. The molecule has 0 saturated carbocycles. The molecule has 14 heavy (non-hydrogen) atoms. The Kier molecular flexibility index (Phi) is 2.93. The highest BCUT2D eigenvalue weighted by Gasteiger charge is 2.01. The molecule has 0 unspecified atom stereocenters. The molecule has 0 atom stereocenters. The van der Waals surface area contributed by atoms with E-state index in [-0.39, 0.29) is 0 Å². The van der Waals surface area contributed by atoms with Crippen LogP contribution in [0.5, 0.6) is 0 Å². The summed E-state index contributed by atoms with van der Waals surface area (Å²) in [6.45, 7) is 0. The molecule has 2 nitrogen and oxygen atoms in total. The minimum Gasteiger partial charge on any atom is -0.150 e. The van der Waals surface area contributed by atoms with E-state index in [4.69, 9.17) is 0 Å². The van der Waals surface area contributed by atoms with E-state index >= 15 is 0 Å². The van der Waals surface area contributed by atoms with Crippen molar-refractivity contribution in [3.8, 4) is 11.3 Å². The highest BCUT2D eigenvalue weighted by Crippen LogP contribution is 2.25. The van der Waals surface area contributed by atoms with Gasteiger partial charge in [0.25, 0.3) is 0 Å². The first-order valence-corrected chi connectivity index (χ1v) is 5.50. The third-order valence-corrected chi connectivity index (χ3v) is 2.61. The van der Waals surface area contributed by atoms with Crippen molar-refractivity contribution in [1.29, 1.82) is 0 Å². The molecule has 2 aromatic rings. The first-order chi connectivity index (χ1) is 6.75. The monoisotopic (exact) mass is 311 g/mol. The van der Waals surface area contributed by atoms with Gasteiger partial charge >= 0.3 is 0 Å². The lowest BCUT2D eigenvalue weighted by molar-refractivity contribution is 1.03. The van der Waals surface area contributed by atoms with Crippen molar-refractivity contribution >= 4 is 31.9 Å². The van der Waals surface area contributed by atoms with Crippen LogP contribution >= 0.6 is 31.9 Å². The van der Waals surface area contributed by atoms with Crippen molar-refractivity contribution in [2.75, 3.05) is 0 Å². The molecule has 0 bridgehead atoms. The molecule has 0 fully saturated rings. The summed E-state index contributed by atoms with van der Waals surface area (Å²) in [5, 5.41) is 7.70. The fourth-order valence-corrected chi connectivity index (χ4v) is 2.41. The van der Waals surface area contributed by atoms with E-state index in [1.807, 2.05) is 24.3 Å². The molecule has 0 aliphatic heterocycles. The second kappa shape index (κ2) is 4.19. The molecule has 69 valence electrons. The molecule has 1 aromatic heterocycles. The van der Waals surface area contributed by atoms with Crippen LogP contribution in [0.15, 0.2) is 39.3 Å². The number of hydrogen-bond donors (Lipinski definition) is 0. The Labute approximate surface area is 98.6 Å². The van der Waals surface area contributed by atoms with Gasteiger partial charge in [-0.2, -0.15) is 0 Å². The predicted octanol–water partition coefficient (Wildman–Crippen LogP) is 3.47. The zero-order valence-corrected chi connectivity index (χ0v) is 10.2. The van der Waals surface area contributed by atoms with Gasteiger partial charge in [0, 0.05) is 14.5 Å². The van der Waals surface area contributed by atoms with Crippen molar-refractivity contribution in [2.45, 2.75) is 0 Å². The molecule has 2 rings (SSSR count). The maximum atomic E-state index is 3.98. The van der Waals surface area contributed by atoms with Gasteiger partial charge in [-0.15, -0.1) is 10.2 Å². The summed E-state index contributed by atoms with van der Waals surface area (Å²) in [6.07, 6.45) is 2.65. The Morgan fingerprint density at radius 2 is 1.79 bits per heavy atom. The summed E-state index contributed by atoms with van der Waals surface area (Å²) in [5.41, 5.74) is 1.86. The number of benzene rings is 1. The van der Waals surface area contributed by atoms with Gasteiger partial charge in [0.15, 0.2) is 0 Å². The van der Waals surface area contributed by atoms with Gasteiger partial charge in [0.05, 0.1) is 5.69 Å². The summed E-state index contributed by atoms with van der Waals surface area (Å²) in [6, 6.07) is 9.59. The standard InChI is InChI=1S/C10H5Br2N2/c11-8-4-7(5-9(12)6-8)10-2-1-3-13-14-10/h1-2,4-6H. The quantitative estimate of drug-likeness (QED) is 0.806. The lowest BCUT2D eigenvalue weighted by atomic mass is 10.1. The van der Waals surface area contributed by atoms with E-state index in [0.29, 0.717) is 0 Å². The minimum absolute atomic E-state index is 0.839. The topological polar surface area (TPSA) is 25.8 Å². The van der Waals surface area contributed by atoms with Gasteiger partial charge in [0.1, 0.15) is 6.20 Å². The molecule has 0 amide bonds. The van der Waals surface area contributed by atoms with E-state index in [9.17, 15) is 0 Å². The normalized spacial score (nSPS) is 10.1. The predicted molar refractivity (Wildman–Crippen MR) is 61.7 cm³/mol. The Morgan fingerprint density at radius 1 is 1.07 bits per heavy atom. The minimum atomic E-state index is 0.839. The first kappa shape index (κ1) is 9.80. The highest BCUT2D eigenvalue weighted by molar-refractivity contribution is 9.11. The number of rotatable bonds is 1. The van der Waals surface area contributed by atoms with Gasteiger partial charge in [0.2, 0.25) is 0 Å². The maximum absolute atomic E-state index is 3.98. The lowest BCUT2D eigenvalue weighted by Gasteiger charge is -2.01. The van der Waals surface area contributed by atoms with Crippen LogP contribution in [0.3, 0.4) is 0 Å². The maximum Gasteiger partial charge on any atom is 0.113 e. The Bertz CT molecular complexity index is 423. The number of hydrogen-bond acceptors (Lipinski definition) is 2. The SMILES string of the molecule is Brc1cc(Br)cc(-c2cc[c]nn2)c1. The molecule has 0 aliphatic rings. The van der Waals surface area contributed by atoms with E-state index in [1.54, 1.807) is 6.07 Å². The van der Waals surface area contributed by atoms with Crippen molar-refractivity contribution < 1.29 is 0 Å². The van der Waals surface area contributed by atoms with E-state index < -0.39 is 0 Å². The summed E-state index contributed by atoms with van der Waals surface area (Å²) in [5.74, 6) is 0. The van der Waals surface area contributed by atoms with Gasteiger partial charge in [-0.25, -0.2) is 0 Å². The van der Waals surface area contributed by atoms with E-state index in [2.05, 4.69) is 48.3 Å². The molecule has 1 heterocycles. The molecule has 4 heteroatoms.